The molecule has 2 N–H and O–H groups in total. The standard InChI is InChI=1S/C15H15F3N4O3/c16-15(17,18)10-3-1-9(2-4-10)8-19-12(23)7-11-13-20-21-14(24)22(13)5-6-25-11/h1-4,11H,5-8H2,(H,19,23)(H,21,24). The summed E-state index contributed by atoms with van der Waals surface area (Å²) in [5, 5.41) is 8.78. The largest absolute Gasteiger partial charge is 0.416 e. The van der Waals surface area contributed by atoms with Crippen LogP contribution in [0.15, 0.2) is 29.1 Å². The maximum absolute atomic E-state index is 12.5. The van der Waals surface area contributed by atoms with Gasteiger partial charge in [-0.25, -0.2) is 9.89 Å². The minimum absolute atomic E-state index is 0.0368. The molecule has 7 nitrogen and oxygen atoms in total. The van der Waals surface area contributed by atoms with Gasteiger partial charge in [-0.2, -0.15) is 18.3 Å². The quantitative estimate of drug-likeness (QED) is 0.866. The van der Waals surface area contributed by atoms with Gasteiger partial charge in [0.2, 0.25) is 5.91 Å². The number of amides is 1. The van der Waals surface area contributed by atoms with Crippen molar-refractivity contribution in [2.75, 3.05) is 6.61 Å². The van der Waals surface area contributed by atoms with Crippen LogP contribution in [0.2, 0.25) is 0 Å². The van der Waals surface area contributed by atoms with Crippen LogP contribution in [0.25, 0.3) is 0 Å². The lowest BCUT2D eigenvalue weighted by molar-refractivity contribution is -0.137. The summed E-state index contributed by atoms with van der Waals surface area (Å²) in [5.41, 5.74) is -0.550. The second-order valence-electron chi connectivity index (χ2n) is 5.57. The summed E-state index contributed by atoms with van der Waals surface area (Å²) in [4.78, 5) is 23.5. The average Bonchev–Trinajstić information content (AvgIpc) is 2.95. The molecule has 0 fully saturated rings. The first kappa shape index (κ1) is 17.2. The number of nitrogens with zero attached hydrogens (tertiary/aromatic N) is 2. The number of ether oxygens (including phenoxy) is 1. The molecule has 1 amide bonds. The average molecular weight is 356 g/mol. The van der Waals surface area contributed by atoms with Crippen molar-refractivity contribution in [3.63, 3.8) is 0 Å². The van der Waals surface area contributed by atoms with E-state index in [-0.39, 0.29) is 24.6 Å². The fourth-order valence-electron chi connectivity index (χ4n) is 2.56. The first-order valence-corrected chi connectivity index (χ1v) is 7.54. The molecule has 0 radical (unpaired) electrons. The molecule has 1 atom stereocenters. The van der Waals surface area contributed by atoms with Crippen LogP contribution in [0.5, 0.6) is 0 Å². The Labute approximate surface area is 139 Å². The van der Waals surface area contributed by atoms with Crippen molar-refractivity contribution in [3.8, 4) is 0 Å². The van der Waals surface area contributed by atoms with Gasteiger partial charge in [0.15, 0.2) is 5.82 Å². The summed E-state index contributed by atoms with van der Waals surface area (Å²) >= 11 is 0. The number of fused-ring (bicyclic) bond motifs is 1. The van der Waals surface area contributed by atoms with Crippen LogP contribution in [-0.2, 0) is 28.8 Å². The topological polar surface area (TPSA) is 89.0 Å². The Kier molecular flexibility index (Phi) is 4.62. The SMILES string of the molecule is O=C(CC1OCCn2c1n[nH]c2=O)NCc1ccc(C(F)(F)F)cc1. The summed E-state index contributed by atoms with van der Waals surface area (Å²) in [6, 6.07) is 4.56. The Bertz CT molecular complexity index is 811. The molecule has 1 aliphatic rings. The van der Waals surface area contributed by atoms with E-state index in [1.165, 1.54) is 16.7 Å². The number of nitrogens with one attached hydrogen (secondary N) is 2. The van der Waals surface area contributed by atoms with Gasteiger partial charge in [0.25, 0.3) is 0 Å². The van der Waals surface area contributed by atoms with E-state index in [2.05, 4.69) is 15.5 Å². The van der Waals surface area contributed by atoms with Crippen LogP contribution in [0.4, 0.5) is 13.2 Å². The zero-order valence-corrected chi connectivity index (χ0v) is 13.0. The van der Waals surface area contributed by atoms with E-state index in [0.717, 1.165) is 12.1 Å². The second-order valence-corrected chi connectivity index (χ2v) is 5.57. The van der Waals surface area contributed by atoms with E-state index in [0.29, 0.717) is 24.5 Å². The number of hydrogen-bond acceptors (Lipinski definition) is 4. The molecule has 1 aliphatic heterocycles. The highest BCUT2D eigenvalue weighted by atomic mass is 19.4. The van der Waals surface area contributed by atoms with Crippen LogP contribution in [0.1, 0.15) is 29.5 Å². The van der Waals surface area contributed by atoms with Gasteiger partial charge in [-0.3, -0.25) is 9.36 Å². The van der Waals surface area contributed by atoms with Crippen LogP contribution in [0.3, 0.4) is 0 Å². The molecule has 0 bridgehead atoms. The highest BCUT2D eigenvalue weighted by Crippen LogP contribution is 2.29. The van der Waals surface area contributed by atoms with Gasteiger partial charge < -0.3 is 10.1 Å². The van der Waals surface area contributed by atoms with Gasteiger partial charge in [0.1, 0.15) is 6.10 Å². The molecule has 0 aliphatic carbocycles. The van der Waals surface area contributed by atoms with E-state index in [1.54, 1.807) is 0 Å². The van der Waals surface area contributed by atoms with Crippen molar-refractivity contribution in [1.82, 2.24) is 20.1 Å². The minimum Gasteiger partial charge on any atom is -0.368 e. The Morgan fingerprint density at radius 2 is 2.08 bits per heavy atom. The highest BCUT2D eigenvalue weighted by molar-refractivity contribution is 5.76. The maximum atomic E-state index is 12.5. The molecular weight excluding hydrogens is 341 g/mol. The smallest absolute Gasteiger partial charge is 0.368 e. The van der Waals surface area contributed by atoms with Crippen LogP contribution in [0, 0.1) is 0 Å². The number of benzene rings is 1. The first-order chi connectivity index (χ1) is 11.8. The third-order valence-electron chi connectivity index (χ3n) is 3.85. The van der Waals surface area contributed by atoms with Crippen molar-refractivity contribution in [2.45, 2.75) is 31.8 Å². The maximum Gasteiger partial charge on any atom is 0.416 e. The molecule has 134 valence electrons. The number of aromatic amines is 1. The number of alkyl halides is 3. The van der Waals surface area contributed by atoms with Gasteiger partial charge >= 0.3 is 11.9 Å². The first-order valence-electron chi connectivity index (χ1n) is 7.54. The molecule has 3 rings (SSSR count). The van der Waals surface area contributed by atoms with Crippen LogP contribution < -0.4 is 11.0 Å². The predicted molar refractivity (Wildman–Crippen MR) is 79.4 cm³/mol. The van der Waals surface area contributed by atoms with E-state index >= 15 is 0 Å². The third-order valence-corrected chi connectivity index (χ3v) is 3.85. The number of H-pyrrole nitrogens is 1. The van der Waals surface area contributed by atoms with E-state index < -0.39 is 17.8 Å². The van der Waals surface area contributed by atoms with Gasteiger partial charge in [-0.05, 0) is 17.7 Å². The Morgan fingerprint density at radius 3 is 2.76 bits per heavy atom. The van der Waals surface area contributed by atoms with E-state index in [9.17, 15) is 22.8 Å². The number of halogens is 3. The number of rotatable bonds is 4. The minimum atomic E-state index is -4.39. The number of carbonyl (C=O) groups excluding carboxylic acids is 1. The van der Waals surface area contributed by atoms with Crippen LogP contribution >= 0.6 is 0 Å². The van der Waals surface area contributed by atoms with Crippen molar-refractivity contribution >= 4 is 5.91 Å². The summed E-state index contributed by atoms with van der Waals surface area (Å²) in [5.74, 6) is 0.00901. The molecule has 0 saturated carbocycles. The fourth-order valence-corrected chi connectivity index (χ4v) is 2.56. The lowest BCUT2D eigenvalue weighted by atomic mass is 10.1. The van der Waals surface area contributed by atoms with Gasteiger partial charge in [-0.1, -0.05) is 12.1 Å². The summed E-state index contributed by atoms with van der Waals surface area (Å²) < 4.78 is 44.4. The van der Waals surface area contributed by atoms with E-state index in [4.69, 9.17) is 4.74 Å². The van der Waals surface area contributed by atoms with Gasteiger partial charge in [-0.15, -0.1) is 0 Å². The Morgan fingerprint density at radius 1 is 1.36 bits per heavy atom. The molecule has 0 saturated heterocycles. The summed E-state index contributed by atoms with van der Waals surface area (Å²) in [6.45, 7) is 0.759. The number of hydrogen-bond donors (Lipinski definition) is 2. The molecule has 0 spiro atoms. The number of aromatic nitrogens is 3. The predicted octanol–water partition coefficient (Wildman–Crippen LogP) is 1.37. The number of carbonyl (C=O) groups is 1. The fraction of sp³-hybridized carbons (Fsp3) is 0.400. The molecular formula is C15H15F3N4O3. The normalized spacial score (nSPS) is 17.2. The molecule has 2 heterocycles. The lowest BCUT2D eigenvalue weighted by Crippen LogP contribution is -2.32. The van der Waals surface area contributed by atoms with Crippen molar-refractivity contribution in [2.24, 2.45) is 0 Å². The zero-order chi connectivity index (χ0) is 18.0. The molecule has 1 unspecified atom stereocenters. The van der Waals surface area contributed by atoms with Gasteiger partial charge in [0, 0.05) is 6.54 Å². The summed E-state index contributed by atoms with van der Waals surface area (Å²) in [6.07, 6.45) is -5.06. The lowest BCUT2D eigenvalue weighted by Gasteiger charge is -2.22. The van der Waals surface area contributed by atoms with Crippen molar-refractivity contribution < 1.29 is 22.7 Å². The zero-order valence-electron chi connectivity index (χ0n) is 13.0. The monoisotopic (exact) mass is 356 g/mol. The van der Waals surface area contributed by atoms with E-state index in [1.807, 2.05) is 0 Å². The molecule has 10 heteroatoms. The third kappa shape index (κ3) is 3.90. The van der Waals surface area contributed by atoms with Crippen molar-refractivity contribution in [3.05, 3.63) is 51.7 Å². The van der Waals surface area contributed by atoms with Crippen molar-refractivity contribution in [1.29, 1.82) is 0 Å². The molecule has 1 aromatic carbocycles. The Balaban J connectivity index is 1.56. The summed E-state index contributed by atoms with van der Waals surface area (Å²) in [7, 11) is 0. The molecule has 1 aromatic heterocycles. The molecule has 2 aromatic rings. The van der Waals surface area contributed by atoms with Crippen LogP contribution in [-0.4, -0.2) is 27.3 Å². The second kappa shape index (κ2) is 6.71. The molecule has 25 heavy (non-hydrogen) atoms. The Hall–Kier alpha value is -2.62. The van der Waals surface area contributed by atoms with Gasteiger partial charge in [0.05, 0.1) is 25.1 Å². The highest BCUT2D eigenvalue weighted by Gasteiger charge is 2.30.